The normalized spacial score (nSPS) is 14.7. The van der Waals surface area contributed by atoms with Crippen LogP contribution in [0.25, 0.3) is 0 Å². The molecule has 0 unspecified atom stereocenters. The highest BCUT2D eigenvalue weighted by Crippen LogP contribution is 2.34. The van der Waals surface area contributed by atoms with Crippen molar-refractivity contribution < 1.29 is 4.79 Å². The summed E-state index contributed by atoms with van der Waals surface area (Å²) in [5.41, 5.74) is 3.11. The molecule has 2 heterocycles. The van der Waals surface area contributed by atoms with Gasteiger partial charge in [0.1, 0.15) is 5.56 Å². The van der Waals surface area contributed by atoms with Gasteiger partial charge in [-0.15, -0.1) is 0 Å². The van der Waals surface area contributed by atoms with E-state index in [-0.39, 0.29) is 16.5 Å². The lowest BCUT2D eigenvalue weighted by Gasteiger charge is -2.31. The van der Waals surface area contributed by atoms with Gasteiger partial charge in [-0.05, 0) is 61.2 Å². The van der Waals surface area contributed by atoms with Gasteiger partial charge in [0.25, 0.3) is 11.5 Å². The topological polar surface area (TPSA) is 99.8 Å². The molecule has 1 amide bonds. The maximum Gasteiger partial charge on any atom is 0.261 e. The lowest BCUT2D eigenvalue weighted by atomic mass is 9.76. The van der Waals surface area contributed by atoms with Crippen LogP contribution in [0.15, 0.2) is 53.6 Å². The van der Waals surface area contributed by atoms with Crippen molar-refractivity contribution >= 4 is 23.2 Å². The Balaban J connectivity index is 1.50. The number of benzene rings is 1. The van der Waals surface area contributed by atoms with E-state index >= 15 is 0 Å². The molecule has 0 saturated carbocycles. The van der Waals surface area contributed by atoms with Crippen LogP contribution in [0.4, 0.5) is 17.3 Å². The molecule has 0 saturated heterocycles. The van der Waals surface area contributed by atoms with Crippen molar-refractivity contribution in [3.05, 3.63) is 76.0 Å². The number of amides is 1. The van der Waals surface area contributed by atoms with Crippen LogP contribution in [0.5, 0.6) is 0 Å². The molecule has 148 valence electrons. The largest absolute Gasteiger partial charge is 0.325 e. The minimum Gasteiger partial charge on any atom is -0.325 e. The number of carbonyl (C=O) groups excluding carboxylic acids is 1. The van der Waals surface area contributed by atoms with Crippen molar-refractivity contribution in [2.24, 2.45) is 0 Å². The summed E-state index contributed by atoms with van der Waals surface area (Å²) in [5, 5.41) is 5.88. The second-order valence-corrected chi connectivity index (χ2v) is 7.88. The van der Waals surface area contributed by atoms with Gasteiger partial charge in [-0.3, -0.25) is 9.59 Å². The number of anilines is 3. The van der Waals surface area contributed by atoms with Crippen LogP contribution in [0.3, 0.4) is 0 Å². The summed E-state index contributed by atoms with van der Waals surface area (Å²) in [7, 11) is 0. The zero-order valence-electron chi connectivity index (χ0n) is 16.5. The Kier molecular flexibility index (Phi) is 4.88. The minimum absolute atomic E-state index is 0.0763. The molecule has 1 aromatic carbocycles. The van der Waals surface area contributed by atoms with Gasteiger partial charge in [0.2, 0.25) is 5.95 Å². The van der Waals surface area contributed by atoms with E-state index in [1.807, 2.05) is 12.1 Å². The molecule has 2 aromatic heterocycles. The fourth-order valence-electron chi connectivity index (χ4n) is 3.72. The standard InChI is InChI=1S/C22H23N5O2/c1-22(2)10-3-5-14-13-17(20(29)27-18(14)22)19(28)25-15-6-8-16(9-7-15)26-21-23-11-4-12-24-21/h4,6-9,11-13H,3,5,10H2,1-2H3,(H,25,28)(H,27,29)(H,23,24,26). The first-order chi connectivity index (χ1) is 13.9. The zero-order chi connectivity index (χ0) is 20.4. The summed E-state index contributed by atoms with van der Waals surface area (Å²) in [5.74, 6) is 0.0809. The van der Waals surface area contributed by atoms with Crippen LogP contribution < -0.4 is 16.2 Å². The molecule has 3 N–H and O–H groups in total. The molecule has 3 aromatic rings. The lowest BCUT2D eigenvalue weighted by Crippen LogP contribution is -2.32. The first-order valence-corrected chi connectivity index (χ1v) is 9.64. The molecule has 7 heteroatoms. The lowest BCUT2D eigenvalue weighted by molar-refractivity contribution is 0.102. The molecule has 7 nitrogen and oxygen atoms in total. The van der Waals surface area contributed by atoms with Gasteiger partial charge in [0.15, 0.2) is 0 Å². The van der Waals surface area contributed by atoms with Gasteiger partial charge < -0.3 is 15.6 Å². The van der Waals surface area contributed by atoms with E-state index in [1.165, 1.54) is 0 Å². The van der Waals surface area contributed by atoms with Crippen molar-refractivity contribution in [2.75, 3.05) is 10.6 Å². The SMILES string of the molecule is CC1(C)CCCc2cc(C(=O)Nc3ccc(Nc4ncccn4)cc3)c(=O)[nH]c21. The molecule has 0 aliphatic heterocycles. The van der Waals surface area contributed by atoms with E-state index in [0.717, 1.165) is 36.2 Å². The maximum absolute atomic E-state index is 12.7. The number of aromatic nitrogens is 3. The average Bonchev–Trinajstić information content (AvgIpc) is 2.70. The van der Waals surface area contributed by atoms with E-state index in [0.29, 0.717) is 11.6 Å². The number of hydrogen-bond acceptors (Lipinski definition) is 5. The van der Waals surface area contributed by atoms with Crippen LogP contribution in [0, 0.1) is 0 Å². The quantitative estimate of drug-likeness (QED) is 0.631. The monoisotopic (exact) mass is 389 g/mol. The number of nitrogens with zero attached hydrogens (tertiary/aromatic N) is 2. The summed E-state index contributed by atoms with van der Waals surface area (Å²) >= 11 is 0. The van der Waals surface area contributed by atoms with Crippen molar-refractivity contribution in [2.45, 2.75) is 38.5 Å². The van der Waals surface area contributed by atoms with E-state index in [4.69, 9.17) is 0 Å². The third kappa shape index (κ3) is 4.03. The van der Waals surface area contributed by atoms with Crippen LogP contribution in [0.2, 0.25) is 0 Å². The van der Waals surface area contributed by atoms with E-state index in [1.54, 1.807) is 36.7 Å². The van der Waals surface area contributed by atoms with Gasteiger partial charge >= 0.3 is 0 Å². The van der Waals surface area contributed by atoms with Crippen molar-refractivity contribution in [3.63, 3.8) is 0 Å². The number of hydrogen-bond donors (Lipinski definition) is 3. The predicted octanol–water partition coefficient (Wildman–Crippen LogP) is 3.77. The molecule has 4 rings (SSSR count). The van der Waals surface area contributed by atoms with E-state index < -0.39 is 5.91 Å². The number of rotatable bonds is 4. The Bertz CT molecular complexity index is 1090. The maximum atomic E-state index is 12.7. The highest BCUT2D eigenvalue weighted by atomic mass is 16.2. The summed E-state index contributed by atoms with van der Waals surface area (Å²) in [4.78, 5) is 36.4. The first-order valence-electron chi connectivity index (χ1n) is 9.64. The van der Waals surface area contributed by atoms with Crippen LogP contribution in [0.1, 0.15) is 48.3 Å². The van der Waals surface area contributed by atoms with E-state index in [9.17, 15) is 9.59 Å². The third-order valence-electron chi connectivity index (χ3n) is 5.26. The molecule has 0 fully saturated rings. The number of aryl methyl sites for hydroxylation is 1. The Morgan fingerprint density at radius 3 is 2.52 bits per heavy atom. The molecule has 0 atom stereocenters. The van der Waals surface area contributed by atoms with Crippen LogP contribution >= 0.6 is 0 Å². The molecule has 1 aliphatic carbocycles. The van der Waals surface area contributed by atoms with Gasteiger partial charge in [0, 0.05) is 34.9 Å². The molecular weight excluding hydrogens is 366 g/mol. The summed E-state index contributed by atoms with van der Waals surface area (Å²) in [6.45, 7) is 4.24. The van der Waals surface area contributed by atoms with Gasteiger partial charge in [-0.1, -0.05) is 13.8 Å². The number of H-pyrrole nitrogens is 1. The highest BCUT2D eigenvalue weighted by molar-refractivity contribution is 6.04. The Labute approximate surface area is 168 Å². The average molecular weight is 389 g/mol. The van der Waals surface area contributed by atoms with Gasteiger partial charge in [-0.2, -0.15) is 0 Å². The number of fused-ring (bicyclic) bond motifs is 1. The van der Waals surface area contributed by atoms with E-state index in [2.05, 4.69) is 39.4 Å². The Hall–Kier alpha value is -3.48. The molecule has 29 heavy (non-hydrogen) atoms. The number of pyridine rings is 1. The first kappa shape index (κ1) is 18.9. The molecule has 0 radical (unpaired) electrons. The Morgan fingerprint density at radius 1 is 1.10 bits per heavy atom. The fourth-order valence-corrected chi connectivity index (χ4v) is 3.72. The van der Waals surface area contributed by atoms with Crippen molar-refractivity contribution in [3.8, 4) is 0 Å². The minimum atomic E-state index is -0.412. The number of carbonyl (C=O) groups is 1. The zero-order valence-corrected chi connectivity index (χ0v) is 16.5. The Morgan fingerprint density at radius 2 is 1.79 bits per heavy atom. The van der Waals surface area contributed by atoms with Gasteiger partial charge in [-0.25, -0.2) is 9.97 Å². The molecule has 1 aliphatic rings. The summed E-state index contributed by atoms with van der Waals surface area (Å²) in [6.07, 6.45) is 6.25. The van der Waals surface area contributed by atoms with Crippen LogP contribution in [-0.4, -0.2) is 20.9 Å². The van der Waals surface area contributed by atoms with Crippen LogP contribution in [-0.2, 0) is 11.8 Å². The van der Waals surface area contributed by atoms with Crippen molar-refractivity contribution in [1.29, 1.82) is 0 Å². The number of aromatic amines is 1. The fraction of sp³-hybridized carbons (Fsp3) is 0.273. The summed E-state index contributed by atoms with van der Waals surface area (Å²) in [6, 6.07) is 10.6. The molecule has 0 spiro atoms. The molecule has 0 bridgehead atoms. The molecular formula is C22H23N5O2. The smallest absolute Gasteiger partial charge is 0.261 e. The van der Waals surface area contributed by atoms with Crippen molar-refractivity contribution in [1.82, 2.24) is 15.0 Å². The second kappa shape index (κ2) is 7.50. The predicted molar refractivity (Wildman–Crippen MR) is 113 cm³/mol. The van der Waals surface area contributed by atoms with Gasteiger partial charge in [0.05, 0.1) is 0 Å². The number of nitrogens with one attached hydrogen (secondary N) is 3. The third-order valence-corrected chi connectivity index (χ3v) is 5.26. The second-order valence-electron chi connectivity index (χ2n) is 7.88. The summed E-state index contributed by atoms with van der Waals surface area (Å²) < 4.78 is 0. The highest BCUT2D eigenvalue weighted by Gasteiger charge is 2.29.